The van der Waals surface area contributed by atoms with Crippen LogP contribution in [0.3, 0.4) is 0 Å². The Morgan fingerprint density at radius 3 is 2.19 bits per heavy atom. The van der Waals surface area contributed by atoms with Crippen molar-refractivity contribution in [2.45, 2.75) is 38.5 Å². The van der Waals surface area contributed by atoms with Crippen molar-refractivity contribution in [2.24, 2.45) is 0 Å². The van der Waals surface area contributed by atoms with Crippen LogP contribution in [-0.4, -0.2) is 25.0 Å². The van der Waals surface area contributed by atoms with E-state index in [-0.39, 0.29) is 6.10 Å². The molecule has 0 aromatic heterocycles. The van der Waals surface area contributed by atoms with Crippen molar-refractivity contribution >= 4 is 0 Å². The number of hydrogen-bond acceptors (Lipinski definition) is 2. The lowest BCUT2D eigenvalue weighted by Gasteiger charge is -2.23. The maximum atomic E-state index is 12.7. The molecule has 1 atom stereocenters. The molecule has 0 N–H and O–H groups in total. The molecule has 0 bridgehead atoms. The molecule has 0 spiro atoms. The van der Waals surface area contributed by atoms with Crippen molar-refractivity contribution in [2.75, 3.05) is 20.1 Å². The lowest BCUT2D eigenvalue weighted by atomic mass is 10.1. The molecule has 2 aromatic carbocycles. The highest BCUT2D eigenvalue weighted by molar-refractivity contribution is 5.30. The van der Waals surface area contributed by atoms with E-state index in [1.807, 2.05) is 30.3 Å². The predicted molar refractivity (Wildman–Crippen MR) is 98.3 cm³/mol. The second-order valence-electron chi connectivity index (χ2n) is 6.48. The summed E-state index contributed by atoms with van der Waals surface area (Å²) in [6.45, 7) is 4.05. The Morgan fingerprint density at radius 2 is 1.62 bits per heavy atom. The monoisotopic (exact) mass is 365 g/mol. The van der Waals surface area contributed by atoms with Crippen LogP contribution in [0.5, 0.6) is 5.75 Å². The smallest absolute Gasteiger partial charge is 0.416 e. The highest BCUT2D eigenvalue weighted by Gasteiger charge is 2.30. The molecule has 5 heteroatoms. The van der Waals surface area contributed by atoms with Crippen LogP contribution in [0, 0.1) is 0 Å². The maximum Gasteiger partial charge on any atom is 0.416 e. The van der Waals surface area contributed by atoms with Crippen LogP contribution in [-0.2, 0) is 6.18 Å². The average molecular weight is 365 g/mol. The predicted octanol–water partition coefficient (Wildman–Crippen LogP) is 5.95. The summed E-state index contributed by atoms with van der Waals surface area (Å²) in [5, 5.41) is 0. The molecule has 1 unspecified atom stereocenters. The van der Waals surface area contributed by atoms with Crippen LogP contribution in [0.1, 0.15) is 43.4 Å². The molecule has 0 radical (unpaired) electrons. The minimum atomic E-state index is -4.33. The van der Waals surface area contributed by atoms with Crippen molar-refractivity contribution in [1.82, 2.24) is 4.90 Å². The van der Waals surface area contributed by atoms with Gasteiger partial charge in [-0.25, -0.2) is 0 Å². The number of ether oxygens (including phenoxy) is 1. The summed E-state index contributed by atoms with van der Waals surface area (Å²) >= 11 is 0. The first-order valence-corrected chi connectivity index (χ1v) is 8.97. The highest BCUT2D eigenvalue weighted by Crippen LogP contribution is 2.32. The van der Waals surface area contributed by atoms with E-state index in [1.165, 1.54) is 12.1 Å². The largest absolute Gasteiger partial charge is 0.486 e. The van der Waals surface area contributed by atoms with E-state index < -0.39 is 11.7 Å². The molecule has 2 rings (SSSR count). The summed E-state index contributed by atoms with van der Waals surface area (Å²) in [5.41, 5.74) is 0.358. The van der Waals surface area contributed by atoms with Crippen LogP contribution in [0.4, 0.5) is 13.2 Å². The second-order valence-corrected chi connectivity index (χ2v) is 6.48. The first kappa shape index (κ1) is 20.3. The number of alkyl halides is 3. The summed E-state index contributed by atoms with van der Waals surface area (Å²) in [6.07, 6.45) is -1.47. The summed E-state index contributed by atoms with van der Waals surface area (Å²) in [4.78, 5) is 2.26. The molecule has 0 saturated carbocycles. The van der Waals surface area contributed by atoms with Crippen molar-refractivity contribution in [1.29, 1.82) is 0 Å². The van der Waals surface area contributed by atoms with E-state index in [1.54, 1.807) is 0 Å². The van der Waals surface area contributed by atoms with E-state index in [0.717, 1.165) is 50.0 Å². The number of rotatable bonds is 9. The van der Waals surface area contributed by atoms with Crippen molar-refractivity contribution < 1.29 is 17.9 Å². The lowest BCUT2D eigenvalue weighted by molar-refractivity contribution is -0.137. The molecule has 0 aliphatic rings. The Balaban J connectivity index is 2.06. The number of nitrogens with zero attached hydrogens (tertiary/aromatic N) is 1. The normalized spacial score (nSPS) is 13.0. The topological polar surface area (TPSA) is 12.5 Å². The molecule has 0 aliphatic carbocycles. The number of benzene rings is 2. The quantitative estimate of drug-likeness (QED) is 0.545. The summed E-state index contributed by atoms with van der Waals surface area (Å²) in [7, 11) is 2.08. The number of unbranched alkanes of at least 4 members (excludes halogenated alkanes) is 1. The van der Waals surface area contributed by atoms with Gasteiger partial charge in [0.2, 0.25) is 0 Å². The van der Waals surface area contributed by atoms with Crippen LogP contribution < -0.4 is 4.74 Å². The van der Waals surface area contributed by atoms with E-state index in [2.05, 4.69) is 18.9 Å². The van der Waals surface area contributed by atoms with Gasteiger partial charge in [-0.15, -0.1) is 0 Å². The maximum absolute atomic E-state index is 12.7. The van der Waals surface area contributed by atoms with E-state index in [4.69, 9.17) is 4.74 Å². The Morgan fingerprint density at radius 1 is 0.962 bits per heavy atom. The van der Waals surface area contributed by atoms with Gasteiger partial charge in [-0.3, -0.25) is 0 Å². The van der Waals surface area contributed by atoms with Crippen LogP contribution in [0.2, 0.25) is 0 Å². The van der Waals surface area contributed by atoms with E-state index >= 15 is 0 Å². The molecular formula is C21H26F3NO. The zero-order chi connectivity index (χ0) is 19.0. The van der Waals surface area contributed by atoms with Crippen molar-refractivity contribution in [3.05, 3.63) is 65.7 Å². The van der Waals surface area contributed by atoms with Gasteiger partial charge in [-0.2, -0.15) is 13.2 Å². The lowest BCUT2D eigenvalue weighted by Crippen LogP contribution is -2.23. The zero-order valence-corrected chi connectivity index (χ0v) is 15.3. The second kappa shape index (κ2) is 9.62. The SMILES string of the molecule is CCCCN(C)CCC(Oc1ccc(C(F)(F)F)cc1)c1ccccc1. The average Bonchev–Trinajstić information content (AvgIpc) is 2.63. The fourth-order valence-electron chi connectivity index (χ4n) is 2.73. The third kappa shape index (κ3) is 6.37. The molecular weight excluding hydrogens is 339 g/mol. The van der Waals surface area contributed by atoms with Crippen LogP contribution in [0.15, 0.2) is 54.6 Å². The highest BCUT2D eigenvalue weighted by atomic mass is 19.4. The Kier molecular flexibility index (Phi) is 7.51. The van der Waals surface area contributed by atoms with Gasteiger partial charge < -0.3 is 9.64 Å². The minimum Gasteiger partial charge on any atom is -0.486 e. The molecule has 0 amide bonds. The molecule has 2 nitrogen and oxygen atoms in total. The standard InChI is InChI=1S/C21H26F3NO/c1-3-4-15-25(2)16-14-20(17-8-6-5-7-9-17)26-19-12-10-18(11-13-19)21(22,23)24/h5-13,20H,3-4,14-16H2,1-2H3. The summed E-state index contributed by atoms with van der Waals surface area (Å²) < 4.78 is 44.2. The number of halogens is 3. The third-order valence-electron chi connectivity index (χ3n) is 4.30. The minimum absolute atomic E-state index is 0.197. The molecule has 142 valence electrons. The van der Waals surface area contributed by atoms with Gasteiger partial charge in [0.1, 0.15) is 11.9 Å². The van der Waals surface area contributed by atoms with Crippen LogP contribution >= 0.6 is 0 Å². The third-order valence-corrected chi connectivity index (χ3v) is 4.30. The van der Waals surface area contributed by atoms with Crippen molar-refractivity contribution in [3.63, 3.8) is 0 Å². The van der Waals surface area contributed by atoms with Gasteiger partial charge >= 0.3 is 6.18 Å². The van der Waals surface area contributed by atoms with Crippen LogP contribution in [0.25, 0.3) is 0 Å². The fraction of sp³-hybridized carbons (Fsp3) is 0.429. The Hall–Kier alpha value is -2.01. The van der Waals surface area contributed by atoms with Gasteiger partial charge in [0.15, 0.2) is 0 Å². The molecule has 0 saturated heterocycles. The van der Waals surface area contributed by atoms with Gasteiger partial charge in [-0.05, 0) is 49.8 Å². The fourth-order valence-corrected chi connectivity index (χ4v) is 2.73. The summed E-state index contributed by atoms with van der Waals surface area (Å²) in [5.74, 6) is 0.447. The van der Waals surface area contributed by atoms with E-state index in [0.29, 0.717) is 5.75 Å². The summed E-state index contributed by atoms with van der Waals surface area (Å²) in [6, 6.07) is 14.7. The Bertz CT molecular complexity index is 641. The molecule has 0 aliphatic heterocycles. The first-order chi connectivity index (χ1) is 12.4. The zero-order valence-electron chi connectivity index (χ0n) is 15.3. The number of hydrogen-bond donors (Lipinski definition) is 0. The van der Waals surface area contributed by atoms with Gasteiger partial charge in [0.25, 0.3) is 0 Å². The van der Waals surface area contributed by atoms with E-state index in [9.17, 15) is 13.2 Å². The van der Waals surface area contributed by atoms with Crippen molar-refractivity contribution in [3.8, 4) is 5.75 Å². The van der Waals surface area contributed by atoms with Gasteiger partial charge in [0, 0.05) is 13.0 Å². The van der Waals surface area contributed by atoms with Gasteiger partial charge in [0.05, 0.1) is 5.56 Å². The molecule has 0 heterocycles. The van der Waals surface area contributed by atoms with Gasteiger partial charge in [-0.1, -0.05) is 43.7 Å². The molecule has 26 heavy (non-hydrogen) atoms. The first-order valence-electron chi connectivity index (χ1n) is 8.97. The molecule has 0 fully saturated rings. The molecule has 2 aromatic rings. The Labute approximate surface area is 153 Å².